The number of carboxylic acids is 1. The first-order valence-electron chi connectivity index (χ1n) is 5.59. The van der Waals surface area contributed by atoms with Gasteiger partial charge in [-0.1, -0.05) is 18.2 Å². The van der Waals surface area contributed by atoms with Crippen LogP contribution in [0.1, 0.15) is 17.9 Å². The summed E-state index contributed by atoms with van der Waals surface area (Å²) in [6.07, 6.45) is 2.05. The number of aromatic nitrogens is 1. The fourth-order valence-electron chi connectivity index (χ4n) is 2.23. The Balaban J connectivity index is 2.50. The molecule has 0 bridgehead atoms. The molecule has 0 radical (unpaired) electrons. The summed E-state index contributed by atoms with van der Waals surface area (Å²) in [7, 11) is 1.96. The van der Waals surface area contributed by atoms with Gasteiger partial charge in [-0.05, 0) is 18.2 Å². The molecule has 0 aliphatic rings. The van der Waals surface area contributed by atoms with Crippen molar-refractivity contribution in [1.82, 2.24) is 4.57 Å². The van der Waals surface area contributed by atoms with Crippen LogP contribution < -0.4 is 5.73 Å². The third-order valence-electron chi connectivity index (χ3n) is 3.07. The van der Waals surface area contributed by atoms with Crippen molar-refractivity contribution in [2.45, 2.75) is 12.3 Å². The van der Waals surface area contributed by atoms with E-state index in [4.69, 9.17) is 10.8 Å². The molecule has 0 spiro atoms. The average molecular weight is 232 g/mol. The van der Waals surface area contributed by atoms with Gasteiger partial charge in [0.1, 0.15) is 0 Å². The van der Waals surface area contributed by atoms with Crippen LogP contribution in [0.15, 0.2) is 30.5 Å². The monoisotopic (exact) mass is 232 g/mol. The smallest absolute Gasteiger partial charge is 0.304 e. The van der Waals surface area contributed by atoms with E-state index < -0.39 is 5.97 Å². The molecule has 0 aliphatic carbocycles. The fourth-order valence-corrected chi connectivity index (χ4v) is 2.23. The molecule has 1 atom stereocenters. The van der Waals surface area contributed by atoms with Gasteiger partial charge in [-0.2, -0.15) is 0 Å². The number of carboxylic acid groups (broad SMARTS) is 1. The predicted octanol–water partition coefficient (Wildman–Crippen LogP) is 1.70. The molecule has 2 rings (SSSR count). The summed E-state index contributed by atoms with van der Waals surface area (Å²) in [6.45, 7) is 0.348. The van der Waals surface area contributed by atoms with Crippen molar-refractivity contribution in [3.63, 3.8) is 0 Å². The summed E-state index contributed by atoms with van der Waals surface area (Å²) in [6, 6.07) is 7.96. The SMILES string of the molecule is Cn1cc(C(CN)CC(=O)O)c2ccccc21. The molecule has 2 aromatic rings. The Hall–Kier alpha value is -1.81. The summed E-state index contributed by atoms with van der Waals surface area (Å²) in [5, 5.41) is 9.98. The maximum atomic E-state index is 10.8. The molecule has 17 heavy (non-hydrogen) atoms. The molecule has 0 saturated carbocycles. The molecule has 0 fully saturated rings. The number of benzene rings is 1. The van der Waals surface area contributed by atoms with Gasteiger partial charge in [0.15, 0.2) is 0 Å². The van der Waals surface area contributed by atoms with Crippen LogP contribution in [0.3, 0.4) is 0 Å². The number of aliphatic carboxylic acids is 1. The molecule has 1 aromatic heterocycles. The van der Waals surface area contributed by atoms with Crippen LogP contribution in [0, 0.1) is 0 Å². The van der Waals surface area contributed by atoms with Crippen molar-refractivity contribution in [3.8, 4) is 0 Å². The molecule has 0 aliphatic heterocycles. The van der Waals surface area contributed by atoms with Crippen LogP contribution >= 0.6 is 0 Å². The van der Waals surface area contributed by atoms with Crippen molar-refractivity contribution < 1.29 is 9.90 Å². The lowest BCUT2D eigenvalue weighted by molar-refractivity contribution is -0.137. The van der Waals surface area contributed by atoms with Gasteiger partial charge in [0.05, 0.1) is 6.42 Å². The molecule has 90 valence electrons. The molecular weight excluding hydrogens is 216 g/mol. The highest BCUT2D eigenvalue weighted by Crippen LogP contribution is 2.28. The van der Waals surface area contributed by atoms with E-state index in [-0.39, 0.29) is 12.3 Å². The van der Waals surface area contributed by atoms with E-state index in [2.05, 4.69) is 0 Å². The second kappa shape index (κ2) is 4.59. The minimum absolute atomic E-state index is 0.0739. The maximum Gasteiger partial charge on any atom is 0.304 e. The standard InChI is InChI=1S/C13H16N2O2/c1-15-8-11(9(7-14)6-13(16)17)10-4-2-3-5-12(10)15/h2-5,8-9H,6-7,14H2,1H3,(H,16,17). The summed E-state index contributed by atoms with van der Waals surface area (Å²) in [5.74, 6) is -0.938. The molecule has 4 nitrogen and oxygen atoms in total. The van der Waals surface area contributed by atoms with Gasteiger partial charge in [0.25, 0.3) is 0 Å². The van der Waals surface area contributed by atoms with E-state index in [1.165, 1.54) is 0 Å². The fraction of sp³-hybridized carbons (Fsp3) is 0.308. The van der Waals surface area contributed by atoms with E-state index in [0.717, 1.165) is 16.5 Å². The Bertz CT molecular complexity index is 545. The van der Waals surface area contributed by atoms with Gasteiger partial charge in [-0.25, -0.2) is 0 Å². The van der Waals surface area contributed by atoms with Gasteiger partial charge in [-0.3, -0.25) is 4.79 Å². The first-order chi connectivity index (χ1) is 8.13. The van der Waals surface area contributed by atoms with Gasteiger partial charge >= 0.3 is 5.97 Å². The molecule has 1 unspecified atom stereocenters. The zero-order chi connectivity index (χ0) is 12.4. The molecule has 1 heterocycles. The minimum atomic E-state index is -0.812. The van der Waals surface area contributed by atoms with Gasteiger partial charge in [0, 0.05) is 30.1 Å². The van der Waals surface area contributed by atoms with Crippen LogP contribution in [0.5, 0.6) is 0 Å². The second-order valence-electron chi connectivity index (χ2n) is 4.24. The normalized spacial score (nSPS) is 12.8. The molecule has 0 amide bonds. The van der Waals surface area contributed by atoms with Crippen molar-refractivity contribution in [1.29, 1.82) is 0 Å². The van der Waals surface area contributed by atoms with E-state index in [9.17, 15) is 4.79 Å². The van der Waals surface area contributed by atoms with Crippen molar-refractivity contribution >= 4 is 16.9 Å². The molecule has 1 aromatic carbocycles. The van der Waals surface area contributed by atoms with Gasteiger partial charge in [0.2, 0.25) is 0 Å². The molecule has 0 saturated heterocycles. The molecule has 4 heteroatoms. The van der Waals surface area contributed by atoms with Crippen LogP contribution in [0.4, 0.5) is 0 Å². The maximum absolute atomic E-state index is 10.8. The third-order valence-corrected chi connectivity index (χ3v) is 3.07. The number of aryl methyl sites for hydroxylation is 1. The number of fused-ring (bicyclic) bond motifs is 1. The lowest BCUT2D eigenvalue weighted by Crippen LogP contribution is -2.16. The van der Waals surface area contributed by atoms with Crippen LogP contribution in [0.25, 0.3) is 10.9 Å². The van der Waals surface area contributed by atoms with Gasteiger partial charge in [-0.15, -0.1) is 0 Å². The minimum Gasteiger partial charge on any atom is -0.481 e. The topological polar surface area (TPSA) is 68.2 Å². The van der Waals surface area contributed by atoms with E-state index in [1.54, 1.807) is 0 Å². The van der Waals surface area contributed by atoms with Crippen molar-refractivity contribution in [3.05, 3.63) is 36.0 Å². The Morgan fingerprint density at radius 3 is 2.82 bits per heavy atom. The number of nitrogens with zero attached hydrogens (tertiary/aromatic N) is 1. The highest BCUT2D eigenvalue weighted by Gasteiger charge is 2.18. The Morgan fingerprint density at radius 1 is 1.47 bits per heavy atom. The number of rotatable bonds is 4. The van der Waals surface area contributed by atoms with Gasteiger partial charge < -0.3 is 15.4 Å². The number of nitrogens with two attached hydrogens (primary N) is 1. The largest absolute Gasteiger partial charge is 0.481 e. The van der Waals surface area contributed by atoms with E-state index >= 15 is 0 Å². The van der Waals surface area contributed by atoms with Crippen LogP contribution in [0.2, 0.25) is 0 Å². The van der Waals surface area contributed by atoms with Crippen LogP contribution in [-0.2, 0) is 11.8 Å². The number of hydrogen-bond acceptors (Lipinski definition) is 2. The van der Waals surface area contributed by atoms with E-state index in [0.29, 0.717) is 6.54 Å². The summed E-state index contributed by atoms with van der Waals surface area (Å²) in [5.41, 5.74) is 7.81. The molecule has 3 N–H and O–H groups in total. The van der Waals surface area contributed by atoms with Crippen molar-refractivity contribution in [2.24, 2.45) is 12.8 Å². The zero-order valence-electron chi connectivity index (χ0n) is 9.76. The zero-order valence-corrected chi connectivity index (χ0v) is 9.76. The highest BCUT2D eigenvalue weighted by molar-refractivity contribution is 5.85. The number of hydrogen-bond donors (Lipinski definition) is 2. The quantitative estimate of drug-likeness (QED) is 0.843. The average Bonchev–Trinajstić information content (AvgIpc) is 2.64. The first kappa shape index (κ1) is 11.7. The van der Waals surface area contributed by atoms with Crippen molar-refractivity contribution in [2.75, 3.05) is 6.54 Å². The number of para-hydroxylation sites is 1. The summed E-state index contributed by atoms with van der Waals surface area (Å²) in [4.78, 5) is 10.8. The number of carbonyl (C=O) groups is 1. The summed E-state index contributed by atoms with van der Waals surface area (Å²) >= 11 is 0. The summed E-state index contributed by atoms with van der Waals surface area (Å²) < 4.78 is 2.01. The third kappa shape index (κ3) is 2.17. The van der Waals surface area contributed by atoms with Crippen LogP contribution in [-0.4, -0.2) is 22.2 Å². The molecular formula is C13H16N2O2. The predicted molar refractivity (Wildman–Crippen MR) is 67.0 cm³/mol. The Kier molecular flexibility index (Phi) is 3.15. The highest BCUT2D eigenvalue weighted by atomic mass is 16.4. The lowest BCUT2D eigenvalue weighted by atomic mass is 9.95. The van der Waals surface area contributed by atoms with E-state index in [1.807, 2.05) is 42.1 Å². The Morgan fingerprint density at radius 2 is 2.18 bits per heavy atom. The Labute approximate surface area is 99.7 Å². The first-order valence-corrected chi connectivity index (χ1v) is 5.59. The lowest BCUT2D eigenvalue weighted by Gasteiger charge is -2.10. The second-order valence-corrected chi connectivity index (χ2v) is 4.24.